The van der Waals surface area contributed by atoms with Crippen LogP contribution in [-0.2, 0) is 234 Å². The Morgan fingerprint density at radius 3 is 0.486 bits per heavy atom. The summed E-state index contributed by atoms with van der Waals surface area (Å²) in [6.45, 7) is 0. The van der Waals surface area contributed by atoms with E-state index in [0.717, 1.165) is 0 Å². The first-order chi connectivity index (χ1) is 10.4. The van der Waals surface area contributed by atoms with E-state index in [9.17, 15) is 0 Å². The fraction of sp³-hybridized carbons (Fsp3) is 0.429. The molecule has 2 aliphatic rings. The molecule has 12 nitrogen and oxygen atoms in total. The van der Waals surface area contributed by atoms with Crippen molar-refractivity contribution >= 4 is 29.3 Å². The van der Waals surface area contributed by atoms with Crippen molar-refractivity contribution in [2.45, 2.75) is 19.3 Å². The van der Waals surface area contributed by atoms with Crippen LogP contribution >= 0.6 is 0 Å². The van der Waals surface area contributed by atoms with Crippen LogP contribution in [0.2, 0.25) is 0 Å². The predicted molar refractivity (Wildman–Crippen MR) is 53.0 cm³/mol. The molecular weight excluding hydrogens is 1550 g/mol. The second kappa shape index (κ2) is 72.7. The van der Waals surface area contributed by atoms with Gasteiger partial charge in [0, 0.05) is 0 Å². The minimum Gasteiger partial charge on any atom is -0.907 e. The zero-order valence-corrected chi connectivity index (χ0v) is 35.1. The molecule has 0 aliphatic heterocycles. The Morgan fingerprint density at radius 2 is 0.457 bits per heavy atom. The van der Waals surface area contributed by atoms with Crippen LogP contribution in [0.25, 0.3) is 0 Å². The molecule has 0 spiro atoms. The van der Waals surface area contributed by atoms with E-state index < -0.39 is 29.3 Å². The molecule has 28 heteroatoms. The van der Waals surface area contributed by atoms with Gasteiger partial charge in [0.15, 0.2) is 0 Å². The number of hydrogen-bond donors (Lipinski definition) is 0. The molecule has 0 saturated heterocycles. The summed E-state index contributed by atoms with van der Waals surface area (Å²) in [6.07, 6.45) is 8.54. The molecule has 35 heavy (non-hydrogen) atoms. The molecule has 0 aromatic heterocycles. The van der Waals surface area contributed by atoms with Gasteiger partial charge in [-0.15, -0.1) is 0 Å². The van der Waals surface area contributed by atoms with Gasteiger partial charge in [-0.3, -0.25) is 29.3 Å². The smallest absolute Gasteiger partial charge is 0.907 e. The van der Waals surface area contributed by atoms with Gasteiger partial charge in [-0.1, -0.05) is 23.3 Å². The Balaban J connectivity index is -0.0000000104. The SMILES string of the molecule is C1=C2CCC(=C1)C2.[O-]B([O-])[O-].[O-]B([O-])[O-].[O-]B([O-])[O-].[O-]B([O-])[O-].[Rh+].[Rh+].[Rh+].[Rh+].[Rh+].[Rh+].[Rh+].[Rh+].[Rh+].[Rh+].[Rh+].[Rh+]. The van der Waals surface area contributed by atoms with Gasteiger partial charge in [0.25, 0.3) is 0 Å². The quantitative estimate of drug-likeness (QED) is 0.205. The van der Waals surface area contributed by atoms with E-state index in [-0.39, 0.29) is 234 Å². The third-order valence-electron chi connectivity index (χ3n) is 1.78. The molecule has 2 bridgehead atoms. The number of allylic oxidation sites excluding steroid dienone is 4. The van der Waals surface area contributed by atoms with Gasteiger partial charge in [-0.25, -0.2) is 0 Å². The summed E-state index contributed by atoms with van der Waals surface area (Å²) in [5.74, 6) is 0. The number of hydrogen-bond acceptors (Lipinski definition) is 12. The fourth-order valence-corrected chi connectivity index (χ4v) is 1.31. The van der Waals surface area contributed by atoms with Crippen molar-refractivity contribution < 1.29 is 294 Å². The maximum absolute atomic E-state index is 8.42. The summed E-state index contributed by atoms with van der Waals surface area (Å²) in [5, 5.41) is 101. The summed E-state index contributed by atoms with van der Waals surface area (Å²) >= 11 is 0. The molecule has 2 aliphatic carbocycles. The van der Waals surface area contributed by atoms with Crippen LogP contribution in [0.3, 0.4) is 0 Å². The van der Waals surface area contributed by atoms with Gasteiger partial charge in [-0.2, -0.15) is 0 Å². The van der Waals surface area contributed by atoms with Crippen LogP contribution in [0.1, 0.15) is 19.3 Å². The second-order valence-corrected chi connectivity index (χ2v) is 3.48. The van der Waals surface area contributed by atoms with Crippen molar-refractivity contribution in [2.24, 2.45) is 0 Å². The van der Waals surface area contributed by atoms with Crippen molar-refractivity contribution in [3.63, 3.8) is 0 Å². The molecule has 0 N–H and O–H groups in total. The molecule has 0 heterocycles. The van der Waals surface area contributed by atoms with Crippen LogP contribution in [0.5, 0.6) is 0 Å². The molecule has 0 radical (unpaired) electrons. The zero-order valence-electron chi connectivity index (χ0n) is 15.5. The third kappa shape index (κ3) is 142. The summed E-state index contributed by atoms with van der Waals surface area (Å²) < 4.78 is 0. The Morgan fingerprint density at radius 1 is 0.343 bits per heavy atom. The van der Waals surface area contributed by atoms with Crippen LogP contribution in [0.4, 0.5) is 0 Å². The van der Waals surface area contributed by atoms with Gasteiger partial charge in [0.2, 0.25) is 0 Å². The van der Waals surface area contributed by atoms with Crippen LogP contribution in [0.15, 0.2) is 23.3 Å². The Kier molecular flexibility index (Phi) is 201. The molecule has 0 atom stereocenters. The summed E-state index contributed by atoms with van der Waals surface area (Å²) in [4.78, 5) is 0. The van der Waals surface area contributed by atoms with Crippen molar-refractivity contribution in [3.8, 4) is 0 Å². The molecule has 0 amide bonds. The minimum atomic E-state index is -2.92. The van der Waals surface area contributed by atoms with Gasteiger partial charge < -0.3 is 60.3 Å². The third-order valence-corrected chi connectivity index (χ3v) is 1.78. The van der Waals surface area contributed by atoms with Crippen molar-refractivity contribution in [1.29, 1.82) is 0 Å². The predicted octanol–water partition coefficient (Wildman–Crippen LogP) is -13.8. The van der Waals surface area contributed by atoms with Gasteiger partial charge in [0.1, 0.15) is 0 Å². The first kappa shape index (κ1) is 96.9. The summed E-state index contributed by atoms with van der Waals surface area (Å²) in [6, 6.07) is 0. The van der Waals surface area contributed by atoms with Crippen LogP contribution < -0.4 is 60.3 Å². The number of rotatable bonds is 0. The van der Waals surface area contributed by atoms with E-state index in [4.69, 9.17) is 60.3 Å². The zero-order chi connectivity index (χ0) is 19.0. The number of fused-ring (bicyclic) bond motifs is 2. The van der Waals surface area contributed by atoms with Crippen molar-refractivity contribution in [1.82, 2.24) is 0 Å². The molecule has 0 aromatic carbocycles. The van der Waals surface area contributed by atoms with E-state index in [1.807, 2.05) is 0 Å². The second-order valence-electron chi connectivity index (χ2n) is 3.48. The van der Waals surface area contributed by atoms with E-state index in [2.05, 4.69) is 12.2 Å². The topological polar surface area (TPSA) is 277 Å². The van der Waals surface area contributed by atoms with Gasteiger partial charge in [0.05, 0.1) is 0 Å². The molecule has 2 rings (SSSR count). The fourth-order valence-electron chi connectivity index (χ4n) is 1.31. The maximum atomic E-state index is 8.42. The van der Waals surface area contributed by atoms with Crippen LogP contribution in [-0.4, -0.2) is 29.3 Å². The van der Waals surface area contributed by atoms with Gasteiger partial charge in [-0.05, 0) is 19.3 Å². The van der Waals surface area contributed by atoms with E-state index in [1.54, 1.807) is 11.1 Å². The van der Waals surface area contributed by atoms with Crippen LogP contribution in [0, 0.1) is 0 Å². The molecule has 1 fully saturated rings. The minimum absolute atomic E-state index is 0. The standard InChI is InChI=1S/C7H8.4BO3.12Rh/c1-2-7-4-3-6(1)5-7;4*2-1(3)4;;;;;;;;;;;;/h1-2H,3-5H2;;;;;;;;;;;;;;;;/q;4*-3;12*+1. The first-order valence-electron chi connectivity index (χ1n) is 5.65. The van der Waals surface area contributed by atoms with Gasteiger partial charge >= 0.3 is 234 Å². The monoisotopic (exact) mass is 1560 g/mol. The van der Waals surface area contributed by atoms with E-state index in [0.29, 0.717) is 0 Å². The molecule has 0 unspecified atom stereocenters. The van der Waals surface area contributed by atoms with Crippen molar-refractivity contribution in [3.05, 3.63) is 23.3 Å². The van der Waals surface area contributed by atoms with Crippen molar-refractivity contribution in [2.75, 3.05) is 0 Å². The maximum Gasteiger partial charge on any atom is 1.00 e. The molecular formula is C7H8B4O12Rh12. The Bertz CT molecular complexity index is 300. The molecule has 228 valence electrons. The first-order valence-corrected chi connectivity index (χ1v) is 5.65. The average Bonchev–Trinajstić information content (AvgIpc) is 2.88. The summed E-state index contributed by atoms with van der Waals surface area (Å²) in [7, 11) is -11.7. The Hall–Kier alpha value is 6.74. The average molecular weight is 1560 g/mol. The normalized spacial score (nSPS) is 8.11. The Labute approximate surface area is 359 Å². The van der Waals surface area contributed by atoms with E-state index in [1.165, 1.54) is 19.3 Å². The molecule has 0 aromatic rings. The van der Waals surface area contributed by atoms with E-state index >= 15 is 0 Å². The molecule has 1 saturated carbocycles. The largest absolute Gasteiger partial charge is 1.00 e. The summed E-state index contributed by atoms with van der Waals surface area (Å²) in [5.41, 5.74) is 3.30.